The second-order valence-corrected chi connectivity index (χ2v) is 9.14. The number of halogens is 1. The minimum Gasteiger partial charge on any atom is -0.369 e. The second kappa shape index (κ2) is 10.9. The van der Waals surface area contributed by atoms with Crippen LogP contribution in [0.4, 0.5) is 11.4 Å². The number of aryl methyl sites for hydroxylation is 1. The highest BCUT2D eigenvalue weighted by molar-refractivity contribution is 6.30. The highest BCUT2D eigenvalue weighted by Crippen LogP contribution is 2.21. The zero-order valence-corrected chi connectivity index (χ0v) is 20.1. The number of piperazine rings is 2. The average Bonchev–Trinajstić information content (AvgIpc) is 2.82. The van der Waals surface area contributed by atoms with Gasteiger partial charge in [-0.1, -0.05) is 35.9 Å². The first-order valence-electron chi connectivity index (χ1n) is 11.6. The van der Waals surface area contributed by atoms with E-state index in [2.05, 4.69) is 20.4 Å². The maximum Gasteiger partial charge on any atom is 0.243 e. The van der Waals surface area contributed by atoms with Gasteiger partial charge in [0, 0.05) is 55.7 Å². The van der Waals surface area contributed by atoms with Crippen molar-refractivity contribution in [2.75, 3.05) is 56.0 Å². The van der Waals surface area contributed by atoms with Gasteiger partial charge < -0.3 is 20.4 Å². The molecule has 0 spiro atoms. The molecule has 2 fully saturated rings. The summed E-state index contributed by atoms with van der Waals surface area (Å²) in [5, 5.41) is 6.35. The van der Waals surface area contributed by atoms with Crippen LogP contribution in [0, 0.1) is 6.92 Å². The minimum atomic E-state index is -0.807. The topological polar surface area (TPSA) is 85.0 Å². The Bertz CT molecular complexity index is 1050. The van der Waals surface area contributed by atoms with E-state index in [1.165, 1.54) is 0 Å². The van der Waals surface area contributed by atoms with E-state index < -0.39 is 6.04 Å². The molecule has 0 aliphatic carbocycles. The van der Waals surface area contributed by atoms with Crippen molar-refractivity contribution < 1.29 is 14.4 Å². The molecule has 0 unspecified atom stereocenters. The lowest BCUT2D eigenvalue weighted by molar-refractivity contribution is -0.145. The molecule has 2 aromatic carbocycles. The molecule has 0 radical (unpaired) electrons. The summed E-state index contributed by atoms with van der Waals surface area (Å²) in [5.41, 5.74) is 2.72. The summed E-state index contributed by atoms with van der Waals surface area (Å²) in [6.07, 6.45) is -0.0749. The number of nitrogens with one attached hydrogen (secondary N) is 2. The molecule has 9 heteroatoms. The Morgan fingerprint density at radius 1 is 1.06 bits per heavy atom. The molecule has 180 valence electrons. The maximum atomic E-state index is 13.2. The van der Waals surface area contributed by atoms with Crippen LogP contribution in [0.1, 0.15) is 12.0 Å². The zero-order chi connectivity index (χ0) is 24.1. The Balaban J connectivity index is 1.33. The first kappa shape index (κ1) is 24.0. The highest BCUT2D eigenvalue weighted by Gasteiger charge is 2.35. The Hall–Kier alpha value is -3.10. The number of para-hydroxylation sites is 1. The van der Waals surface area contributed by atoms with E-state index in [0.717, 1.165) is 37.4 Å². The van der Waals surface area contributed by atoms with Crippen molar-refractivity contribution in [2.24, 2.45) is 0 Å². The number of carbonyl (C=O) groups is 3. The molecule has 3 amide bonds. The normalized spacial score (nSPS) is 19.0. The molecule has 34 heavy (non-hydrogen) atoms. The zero-order valence-electron chi connectivity index (χ0n) is 19.3. The second-order valence-electron chi connectivity index (χ2n) is 8.70. The molecule has 2 N–H and O–H groups in total. The largest absolute Gasteiger partial charge is 0.369 e. The molecule has 0 bridgehead atoms. The van der Waals surface area contributed by atoms with E-state index in [0.29, 0.717) is 23.8 Å². The molecular weight excluding hydrogens is 454 g/mol. The van der Waals surface area contributed by atoms with Crippen LogP contribution in [0.2, 0.25) is 5.02 Å². The van der Waals surface area contributed by atoms with E-state index in [4.69, 9.17) is 11.6 Å². The van der Waals surface area contributed by atoms with Gasteiger partial charge in [0.15, 0.2) is 0 Å². The van der Waals surface area contributed by atoms with Crippen LogP contribution in [0.3, 0.4) is 0 Å². The third-order valence-corrected chi connectivity index (χ3v) is 6.59. The summed E-state index contributed by atoms with van der Waals surface area (Å²) < 4.78 is 0. The van der Waals surface area contributed by atoms with Crippen molar-refractivity contribution in [3.05, 3.63) is 59.1 Å². The SMILES string of the molecule is Cc1ccccc1NC(=O)C[C@H]1C(=O)NCCN1C(=O)CN1CCN(c2cccc(Cl)c2)CC1. The lowest BCUT2D eigenvalue weighted by Crippen LogP contribution is -2.60. The first-order chi connectivity index (χ1) is 16.4. The van der Waals surface area contributed by atoms with Gasteiger partial charge in [0.2, 0.25) is 17.7 Å². The number of hydrogen-bond acceptors (Lipinski definition) is 5. The molecule has 0 saturated carbocycles. The van der Waals surface area contributed by atoms with E-state index >= 15 is 0 Å². The van der Waals surface area contributed by atoms with Crippen LogP contribution in [-0.4, -0.2) is 79.4 Å². The van der Waals surface area contributed by atoms with Gasteiger partial charge in [0.05, 0.1) is 13.0 Å². The van der Waals surface area contributed by atoms with Crippen molar-refractivity contribution >= 4 is 40.7 Å². The molecule has 1 atom stereocenters. The van der Waals surface area contributed by atoms with Crippen LogP contribution in [0.5, 0.6) is 0 Å². The van der Waals surface area contributed by atoms with Gasteiger partial charge in [-0.3, -0.25) is 19.3 Å². The fraction of sp³-hybridized carbons (Fsp3) is 0.400. The van der Waals surface area contributed by atoms with Gasteiger partial charge in [-0.25, -0.2) is 0 Å². The van der Waals surface area contributed by atoms with Crippen molar-refractivity contribution in [3.63, 3.8) is 0 Å². The van der Waals surface area contributed by atoms with Crippen molar-refractivity contribution in [1.29, 1.82) is 0 Å². The summed E-state index contributed by atoms with van der Waals surface area (Å²) in [7, 11) is 0. The van der Waals surface area contributed by atoms with Crippen LogP contribution >= 0.6 is 11.6 Å². The fourth-order valence-corrected chi connectivity index (χ4v) is 4.61. The molecule has 2 saturated heterocycles. The molecule has 4 rings (SSSR count). The lowest BCUT2D eigenvalue weighted by atomic mass is 10.1. The number of hydrogen-bond donors (Lipinski definition) is 2. The fourth-order valence-electron chi connectivity index (χ4n) is 4.43. The molecule has 8 nitrogen and oxygen atoms in total. The summed E-state index contributed by atoms with van der Waals surface area (Å²) in [4.78, 5) is 44.3. The number of amides is 3. The van der Waals surface area contributed by atoms with Crippen LogP contribution < -0.4 is 15.5 Å². The number of nitrogens with zero attached hydrogens (tertiary/aromatic N) is 3. The Labute approximate surface area is 204 Å². The quantitative estimate of drug-likeness (QED) is 0.657. The molecule has 0 aromatic heterocycles. The van der Waals surface area contributed by atoms with Crippen LogP contribution in [0.25, 0.3) is 0 Å². The molecular formula is C25H30ClN5O3. The molecule has 2 aromatic rings. The Kier molecular flexibility index (Phi) is 7.70. The first-order valence-corrected chi connectivity index (χ1v) is 11.9. The molecule has 2 aliphatic rings. The summed E-state index contributed by atoms with van der Waals surface area (Å²) in [6, 6.07) is 14.4. The van der Waals surface area contributed by atoms with E-state index in [9.17, 15) is 14.4 Å². The summed E-state index contributed by atoms with van der Waals surface area (Å²) in [5.74, 6) is -0.700. The number of carbonyl (C=O) groups excluding carboxylic acids is 3. The van der Waals surface area contributed by atoms with Crippen LogP contribution in [0.15, 0.2) is 48.5 Å². The maximum absolute atomic E-state index is 13.2. The number of benzene rings is 2. The van der Waals surface area contributed by atoms with Gasteiger partial charge >= 0.3 is 0 Å². The number of anilines is 2. The molecule has 2 heterocycles. The van der Waals surface area contributed by atoms with Crippen molar-refractivity contribution in [1.82, 2.24) is 15.1 Å². The lowest BCUT2D eigenvalue weighted by Gasteiger charge is -2.39. The smallest absolute Gasteiger partial charge is 0.243 e. The van der Waals surface area contributed by atoms with Gasteiger partial charge in [0.25, 0.3) is 0 Å². The monoisotopic (exact) mass is 483 g/mol. The van der Waals surface area contributed by atoms with Gasteiger partial charge in [-0.15, -0.1) is 0 Å². The van der Waals surface area contributed by atoms with E-state index in [1.807, 2.05) is 55.5 Å². The average molecular weight is 484 g/mol. The standard InChI is InChI=1S/C25H30ClN5O3/c1-18-5-2-3-8-21(18)28-23(32)16-22-25(34)27-9-10-31(22)24(33)17-29-11-13-30(14-12-29)20-7-4-6-19(26)15-20/h2-8,15,22H,9-14,16-17H2,1H3,(H,27,34)(H,28,32)/t22-/m0/s1. The van der Waals surface area contributed by atoms with Crippen molar-refractivity contribution in [3.8, 4) is 0 Å². The van der Waals surface area contributed by atoms with E-state index in [1.54, 1.807) is 4.90 Å². The van der Waals surface area contributed by atoms with Gasteiger partial charge in [-0.05, 0) is 36.8 Å². The summed E-state index contributed by atoms with van der Waals surface area (Å²) >= 11 is 6.11. The number of rotatable bonds is 6. The predicted octanol–water partition coefficient (Wildman–Crippen LogP) is 2.13. The third-order valence-electron chi connectivity index (χ3n) is 6.35. The van der Waals surface area contributed by atoms with Crippen LogP contribution in [-0.2, 0) is 14.4 Å². The Morgan fingerprint density at radius 2 is 1.82 bits per heavy atom. The third kappa shape index (κ3) is 5.87. The molecule has 2 aliphatic heterocycles. The Morgan fingerprint density at radius 3 is 2.56 bits per heavy atom. The van der Waals surface area contributed by atoms with Crippen molar-refractivity contribution in [2.45, 2.75) is 19.4 Å². The van der Waals surface area contributed by atoms with Gasteiger partial charge in [-0.2, -0.15) is 0 Å². The highest BCUT2D eigenvalue weighted by atomic mass is 35.5. The predicted molar refractivity (Wildman–Crippen MR) is 133 cm³/mol. The minimum absolute atomic E-state index is 0.0749. The summed E-state index contributed by atoms with van der Waals surface area (Å²) in [6.45, 7) is 5.97. The van der Waals surface area contributed by atoms with E-state index in [-0.39, 0.29) is 30.7 Å². The van der Waals surface area contributed by atoms with Gasteiger partial charge in [0.1, 0.15) is 6.04 Å².